The third-order valence-corrected chi connectivity index (χ3v) is 4.80. The molecule has 1 N–H and O–H groups in total. The number of benzene rings is 1. The zero-order valence-corrected chi connectivity index (χ0v) is 16.0. The Morgan fingerprint density at radius 3 is 2.70 bits per heavy atom. The lowest BCUT2D eigenvalue weighted by Gasteiger charge is -2.32. The van der Waals surface area contributed by atoms with Crippen molar-refractivity contribution in [1.29, 1.82) is 0 Å². The predicted octanol–water partition coefficient (Wildman–Crippen LogP) is 2.88. The van der Waals surface area contributed by atoms with Gasteiger partial charge >= 0.3 is 0 Å². The minimum absolute atomic E-state index is 0.0457. The molecular formula is C21H27N3O3. The molecule has 27 heavy (non-hydrogen) atoms. The van der Waals surface area contributed by atoms with Crippen molar-refractivity contribution in [3.63, 3.8) is 0 Å². The summed E-state index contributed by atoms with van der Waals surface area (Å²) in [5, 5.41) is 3.29. The number of carbonyl (C=O) groups is 1. The summed E-state index contributed by atoms with van der Waals surface area (Å²) in [6.45, 7) is 4.37. The SMILES string of the molecule is CCOc1cc(C(=O)N2CCC(NC)CC2)ccc1OCc1cccnc1. The van der Waals surface area contributed by atoms with Gasteiger partial charge in [0.2, 0.25) is 0 Å². The molecule has 2 aromatic rings. The molecule has 6 heteroatoms. The fraction of sp³-hybridized carbons (Fsp3) is 0.429. The Kier molecular flexibility index (Phi) is 6.65. The monoisotopic (exact) mass is 369 g/mol. The van der Waals surface area contributed by atoms with E-state index in [0.29, 0.717) is 36.3 Å². The van der Waals surface area contributed by atoms with Gasteiger partial charge in [-0.15, -0.1) is 0 Å². The Hall–Kier alpha value is -2.60. The van der Waals surface area contributed by atoms with Gasteiger partial charge < -0.3 is 19.7 Å². The van der Waals surface area contributed by atoms with Crippen LogP contribution in [-0.4, -0.2) is 48.6 Å². The number of hydrogen-bond donors (Lipinski definition) is 1. The van der Waals surface area contributed by atoms with Gasteiger partial charge in [0, 0.05) is 42.7 Å². The average molecular weight is 369 g/mol. The number of nitrogens with one attached hydrogen (secondary N) is 1. The number of ether oxygens (including phenoxy) is 2. The Labute approximate surface area is 160 Å². The summed E-state index contributed by atoms with van der Waals surface area (Å²) in [6.07, 6.45) is 5.46. The van der Waals surface area contributed by atoms with Crippen LogP contribution >= 0.6 is 0 Å². The molecule has 144 valence electrons. The lowest BCUT2D eigenvalue weighted by molar-refractivity contribution is 0.0706. The number of aromatic nitrogens is 1. The summed E-state index contributed by atoms with van der Waals surface area (Å²) in [5.41, 5.74) is 1.61. The molecule has 0 bridgehead atoms. The Bertz CT molecular complexity index is 744. The third kappa shape index (κ3) is 4.98. The maximum Gasteiger partial charge on any atom is 0.253 e. The second kappa shape index (κ2) is 9.37. The van der Waals surface area contributed by atoms with Crippen LogP contribution in [0.2, 0.25) is 0 Å². The number of pyridine rings is 1. The zero-order chi connectivity index (χ0) is 19.1. The van der Waals surface area contributed by atoms with Crippen molar-refractivity contribution >= 4 is 5.91 Å². The molecule has 3 rings (SSSR count). The Morgan fingerprint density at radius 1 is 1.22 bits per heavy atom. The van der Waals surface area contributed by atoms with Gasteiger partial charge in [-0.2, -0.15) is 0 Å². The van der Waals surface area contributed by atoms with Crippen LogP contribution < -0.4 is 14.8 Å². The highest BCUT2D eigenvalue weighted by Crippen LogP contribution is 2.30. The van der Waals surface area contributed by atoms with Crippen LogP contribution in [0.4, 0.5) is 0 Å². The predicted molar refractivity (Wildman–Crippen MR) is 104 cm³/mol. The maximum absolute atomic E-state index is 12.8. The van der Waals surface area contributed by atoms with Crippen molar-refractivity contribution in [2.24, 2.45) is 0 Å². The molecule has 2 heterocycles. The molecule has 6 nitrogen and oxygen atoms in total. The van der Waals surface area contributed by atoms with E-state index in [-0.39, 0.29) is 5.91 Å². The molecule has 0 spiro atoms. The van der Waals surface area contributed by atoms with E-state index in [2.05, 4.69) is 10.3 Å². The molecular weight excluding hydrogens is 342 g/mol. The van der Waals surface area contributed by atoms with Crippen molar-refractivity contribution in [3.8, 4) is 11.5 Å². The first-order valence-electron chi connectivity index (χ1n) is 9.46. The summed E-state index contributed by atoms with van der Waals surface area (Å²) < 4.78 is 11.6. The highest BCUT2D eigenvalue weighted by Gasteiger charge is 2.23. The molecule has 0 aliphatic carbocycles. The normalized spacial score (nSPS) is 14.8. The van der Waals surface area contributed by atoms with Gasteiger partial charge in [-0.25, -0.2) is 0 Å². The number of piperidine rings is 1. The summed E-state index contributed by atoms with van der Waals surface area (Å²) in [4.78, 5) is 18.8. The fourth-order valence-electron chi connectivity index (χ4n) is 3.23. The van der Waals surface area contributed by atoms with Crippen LogP contribution in [0.5, 0.6) is 11.5 Å². The molecule has 1 saturated heterocycles. The second-order valence-corrected chi connectivity index (χ2v) is 6.60. The number of likely N-dealkylation sites (tertiary alicyclic amines) is 1. The van der Waals surface area contributed by atoms with Gasteiger partial charge in [0.25, 0.3) is 5.91 Å². The minimum atomic E-state index is 0.0457. The number of carbonyl (C=O) groups excluding carboxylic acids is 1. The zero-order valence-electron chi connectivity index (χ0n) is 16.0. The van der Waals surface area contributed by atoms with Crippen LogP contribution in [0.3, 0.4) is 0 Å². The molecule has 1 aliphatic heterocycles. The summed E-state index contributed by atoms with van der Waals surface area (Å²) in [6, 6.07) is 9.74. The average Bonchev–Trinajstić information content (AvgIpc) is 2.73. The second-order valence-electron chi connectivity index (χ2n) is 6.60. The first-order valence-corrected chi connectivity index (χ1v) is 9.46. The number of amides is 1. The van der Waals surface area contributed by atoms with Crippen LogP contribution in [-0.2, 0) is 6.61 Å². The summed E-state index contributed by atoms with van der Waals surface area (Å²) in [5.74, 6) is 1.27. The number of hydrogen-bond acceptors (Lipinski definition) is 5. The van der Waals surface area contributed by atoms with E-state index in [9.17, 15) is 4.79 Å². The lowest BCUT2D eigenvalue weighted by atomic mass is 10.0. The van der Waals surface area contributed by atoms with Crippen molar-refractivity contribution in [3.05, 3.63) is 53.9 Å². The van der Waals surface area contributed by atoms with E-state index in [1.807, 2.05) is 43.1 Å². The van der Waals surface area contributed by atoms with Crippen LogP contribution in [0.15, 0.2) is 42.7 Å². The van der Waals surface area contributed by atoms with E-state index < -0.39 is 0 Å². The van der Waals surface area contributed by atoms with E-state index in [1.165, 1.54) is 0 Å². The smallest absolute Gasteiger partial charge is 0.253 e. The van der Waals surface area contributed by atoms with E-state index in [4.69, 9.17) is 9.47 Å². The van der Waals surface area contributed by atoms with Gasteiger partial charge in [-0.3, -0.25) is 9.78 Å². The lowest BCUT2D eigenvalue weighted by Crippen LogP contribution is -2.43. The van der Waals surface area contributed by atoms with Crippen LogP contribution in [0.1, 0.15) is 35.7 Å². The highest BCUT2D eigenvalue weighted by atomic mass is 16.5. The Morgan fingerprint density at radius 2 is 2.04 bits per heavy atom. The molecule has 0 radical (unpaired) electrons. The topological polar surface area (TPSA) is 63.7 Å². The highest BCUT2D eigenvalue weighted by molar-refractivity contribution is 5.95. The molecule has 0 atom stereocenters. The molecule has 1 aliphatic rings. The van der Waals surface area contributed by atoms with Crippen LogP contribution in [0, 0.1) is 0 Å². The number of rotatable bonds is 7. The minimum Gasteiger partial charge on any atom is -0.490 e. The van der Waals surface area contributed by atoms with E-state index in [1.54, 1.807) is 18.5 Å². The summed E-state index contributed by atoms with van der Waals surface area (Å²) in [7, 11) is 1.97. The van der Waals surface area contributed by atoms with Crippen LogP contribution in [0.25, 0.3) is 0 Å². The maximum atomic E-state index is 12.8. The van der Waals surface area contributed by atoms with E-state index >= 15 is 0 Å². The fourth-order valence-corrected chi connectivity index (χ4v) is 3.23. The van der Waals surface area contributed by atoms with Gasteiger partial charge in [0.15, 0.2) is 11.5 Å². The quantitative estimate of drug-likeness (QED) is 0.813. The molecule has 1 aromatic carbocycles. The molecule has 0 unspecified atom stereocenters. The number of nitrogens with zero attached hydrogens (tertiary/aromatic N) is 2. The van der Waals surface area contributed by atoms with Gasteiger partial charge in [0.1, 0.15) is 6.61 Å². The molecule has 1 aromatic heterocycles. The van der Waals surface area contributed by atoms with Crippen molar-refractivity contribution in [2.75, 3.05) is 26.7 Å². The molecule has 1 fully saturated rings. The largest absolute Gasteiger partial charge is 0.490 e. The molecule has 0 saturated carbocycles. The first kappa shape index (κ1) is 19.2. The first-order chi connectivity index (χ1) is 13.2. The van der Waals surface area contributed by atoms with Gasteiger partial charge in [-0.05, 0) is 51.1 Å². The summed E-state index contributed by atoms with van der Waals surface area (Å²) >= 11 is 0. The van der Waals surface area contributed by atoms with Gasteiger partial charge in [-0.1, -0.05) is 6.07 Å². The van der Waals surface area contributed by atoms with Crippen molar-refractivity contribution in [2.45, 2.75) is 32.4 Å². The Balaban J connectivity index is 1.70. The van der Waals surface area contributed by atoms with E-state index in [0.717, 1.165) is 31.5 Å². The standard InChI is InChI=1S/C21H27N3O3/c1-3-26-20-13-17(21(25)24-11-8-18(22-2)9-12-24)6-7-19(20)27-15-16-5-4-10-23-14-16/h4-7,10,13-14,18,22H,3,8-9,11-12,15H2,1-2H3. The van der Waals surface area contributed by atoms with Gasteiger partial charge in [0.05, 0.1) is 6.61 Å². The van der Waals surface area contributed by atoms with Crippen molar-refractivity contribution in [1.82, 2.24) is 15.2 Å². The third-order valence-electron chi connectivity index (χ3n) is 4.80. The molecule has 1 amide bonds. The van der Waals surface area contributed by atoms with Crippen molar-refractivity contribution < 1.29 is 14.3 Å².